The molecule has 0 rings (SSSR count). The molecule has 0 unspecified atom stereocenters. The molecule has 0 radical (unpaired) electrons. The van der Waals surface area contributed by atoms with Crippen LogP contribution in [0.1, 0.15) is 33.6 Å². The molecule has 0 aliphatic carbocycles. The van der Waals surface area contributed by atoms with Crippen molar-refractivity contribution in [3.05, 3.63) is 0 Å². The van der Waals surface area contributed by atoms with Gasteiger partial charge in [0.1, 0.15) is 5.60 Å². The Labute approximate surface area is 102 Å². The van der Waals surface area contributed by atoms with Gasteiger partial charge in [-0.1, -0.05) is 0 Å². The van der Waals surface area contributed by atoms with Gasteiger partial charge in [-0.3, -0.25) is 0 Å². The Morgan fingerprint density at radius 1 is 1.50 bits per heavy atom. The second kappa shape index (κ2) is 7.79. The summed E-state index contributed by atoms with van der Waals surface area (Å²) >= 11 is 1.67. The minimum atomic E-state index is -0.467. The van der Waals surface area contributed by atoms with Gasteiger partial charge in [-0.15, -0.1) is 0 Å². The predicted molar refractivity (Wildman–Crippen MR) is 67.9 cm³/mol. The van der Waals surface area contributed by atoms with Crippen molar-refractivity contribution in [2.24, 2.45) is 0 Å². The third-order valence-electron chi connectivity index (χ3n) is 1.80. The highest BCUT2D eigenvalue weighted by Gasteiger charge is 2.18. The van der Waals surface area contributed by atoms with E-state index in [0.717, 1.165) is 12.2 Å². The predicted octanol–water partition coefficient (Wildman–Crippen LogP) is 2.02. The number of carbonyl (C=O) groups excluding carboxylic acids is 1. The van der Waals surface area contributed by atoms with E-state index in [1.165, 1.54) is 0 Å². The van der Waals surface area contributed by atoms with Gasteiger partial charge >= 0.3 is 6.09 Å². The molecule has 0 saturated carbocycles. The molecule has 0 saturated heterocycles. The van der Waals surface area contributed by atoms with Crippen LogP contribution in [0.25, 0.3) is 0 Å². The Hall–Kier alpha value is -0.420. The summed E-state index contributed by atoms with van der Waals surface area (Å²) < 4.78 is 5.17. The van der Waals surface area contributed by atoms with E-state index in [0.29, 0.717) is 6.42 Å². The van der Waals surface area contributed by atoms with Gasteiger partial charge in [0, 0.05) is 18.4 Å². The van der Waals surface area contributed by atoms with Crippen molar-refractivity contribution in [3.8, 4) is 0 Å². The maximum absolute atomic E-state index is 11.5. The summed E-state index contributed by atoms with van der Waals surface area (Å²) in [6.07, 6.45) is 3.07. The highest BCUT2D eigenvalue weighted by atomic mass is 32.2. The first kappa shape index (κ1) is 15.6. The number of carbonyl (C=O) groups is 1. The molecule has 5 heteroatoms. The molecular weight excluding hydrogens is 226 g/mol. The molecule has 0 aromatic heterocycles. The number of nitrogens with one attached hydrogen (secondary N) is 1. The first-order chi connectivity index (χ1) is 7.39. The number of aliphatic hydroxyl groups is 1. The molecule has 0 aromatic rings. The molecular formula is C11H23NO3S. The van der Waals surface area contributed by atoms with Gasteiger partial charge in [0.2, 0.25) is 0 Å². The highest BCUT2D eigenvalue weighted by molar-refractivity contribution is 7.98. The van der Waals surface area contributed by atoms with Crippen molar-refractivity contribution < 1.29 is 14.6 Å². The fourth-order valence-electron chi connectivity index (χ4n) is 1.21. The van der Waals surface area contributed by atoms with Gasteiger partial charge in [-0.25, -0.2) is 4.79 Å². The van der Waals surface area contributed by atoms with Gasteiger partial charge in [-0.2, -0.15) is 11.8 Å². The van der Waals surface area contributed by atoms with Crippen LogP contribution in [0.3, 0.4) is 0 Å². The minimum absolute atomic E-state index is 0.0667. The molecule has 1 amide bonds. The van der Waals surface area contributed by atoms with E-state index in [2.05, 4.69) is 5.32 Å². The van der Waals surface area contributed by atoms with Crippen LogP contribution in [0, 0.1) is 0 Å². The molecule has 2 N–H and O–H groups in total. The number of amides is 1. The number of thioether (sulfide) groups is 1. The number of hydrogen-bond donors (Lipinski definition) is 2. The van der Waals surface area contributed by atoms with E-state index in [9.17, 15) is 4.79 Å². The normalized spacial score (nSPS) is 13.3. The maximum atomic E-state index is 11.5. The van der Waals surface area contributed by atoms with Crippen LogP contribution in [0.4, 0.5) is 4.79 Å². The second-order valence-corrected chi connectivity index (χ2v) is 5.58. The Kier molecular flexibility index (Phi) is 7.58. The summed E-state index contributed by atoms with van der Waals surface area (Å²) in [7, 11) is 0. The fraction of sp³-hybridized carbons (Fsp3) is 0.909. The topological polar surface area (TPSA) is 58.6 Å². The zero-order chi connectivity index (χ0) is 12.6. The third kappa shape index (κ3) is 8.85. The third-order valence-corrected chi connectivity index (χ3v) is 2.54. The van der Waals surface area contributed by atoms with Crippen LogP contribution in [0.2, 0.25) is 0 Å². The van der Waals surface area contributed by atoms with Gasteiger partial charge in [0.15, 0.2) is 0 Å². The van der Waals surface area contributed by atoms with E-state index in [4.69, 9.17) is 9.84 Å². The monoisotopic (exact) mass is 249 g/mol. The molecule has 4 nitrogen and oxygen atoms in total. The summed E-state index contributed by atoms with van der Waals surface area (Å²) in [4.78, 5) is 11.5. The van der Waals surface area contributed by atoms with Gasteiger partial charge < -0.3 is 15.2 Å². The molecule has 0 aromatic carbocycles. The molecule has 0 spiro atoms. The Morgan fingerprint density at radius 3 is 2.56 bits per heavy atom. The lowest BCUT2D eigenvalue weighted by atomic mass is 10.2. The lowest BCUT2D eigenvalue weighted by Gasteiger charge is -2.23. The quantitative estimate of drug-likeness (QED) is 0.756. The van der Waals surface area contributed by atoms with Crippen LogP contribution in [-0.4, -0.2) is 41.5 Å². The van der Waals surface area contributed by atoms with E-state index in [1.807, 2.05) is 27.0 Å². The van der Waals surface area contributed by atoms with Gasteiger partial charge in [0.25, 0.3) is 0 Å². The molecule has 0 bridgehead atoms. The van der Waals surface area contributed by atoms with E-state index >= 15 is 0 Å². The molecule has 0 fully saturated rings. The van der Waals surface area contributed by atoms with Crippen LogP contribution >= 0.6 is 11.8 Å². The number of rotatable bonds is 6. The number of alkyl carbamates (subject to hydrolysis) is 1. The van der Waals surface area contributed by atoms with E-state index in [1.54, 1.807) is 11.8 Å². The maximum Gasteiger partial charge on any atom is 0.407 e. The first-order valence-electron chi connectivity index (χ1n) is 5.48. The van der Waals surface area contributed by atoms with E-state index < -0.39 is 5.60 Å². The molecule has 1 atom stereocenters. The number of ether oxygens (including phenoxy) is 1. The van der Waals surface area contributed by atoms with Crippen LogP contribution < -0.4 is 5.32 Å². The van der Waals surface area contributed by atoms with Crippen molar-refractivity contribution in [3.63, 3.8) is 0 Å². The smallest absolute Gasteiger partial charge is 0.407 e. The number of hydrogen-bond acceptors (Lipinski definition) is 4. The summed E-state index contributed by atoms with van der Waals surface area (Å²) in [6, 6.07) is 0.0667. The van der Waals surface area contributed by atoms with Crippen molar-refractivity contribution >= 4 is 17.9 Å². The van der Waals surface area contributed by atoms with Crippen LogP contribution in [-0.2, 0) is 4.74 Å². The largest absolute Gasteiger partial charge is 0.444 e. The lowest BCUT2D eigenvalue weighted by molar-refractivity contribution is 0.0505. The zero-order valence-electron chi connectivity index (χ0n) is 10.6. The minimum Gasteiger partial charge on any atom is -0.444 e. The SMILES string of the molecule is CSC[C@@H](CCCO)NC(=O)OC(C)(C)C. The summed E-state index contributed by atoms with van der Waals surface area (Å²) in [5.74, 6) is 0.833. The summed E-state index contributed by atoms with van der Waals surface area (Å²) in [6.45, 7) is 5.67. The van der Waals surface area contributed by atoms with Crippen molar-refractivity contribution in [1.29, 1.82) is 0 Å². The van der Waals surface area contributed by atoms with Gasteiger partial charge in [0.05, 0.1) is 0 Å². The van der Waals surface area contributed by atoms with E-state index in [-0.39, 0.29) is 18.7 Å². The van der Waals surface area contributed by atoms with Crippen molar-refractivity contribution in [1.82, 2.24) is 5.32 Å². The Morgan fingerprint density at radius 2 is 2.12 bits per heavy atom. The zero-order valence-corrected chi connectivity index (χ0v) is 11.4. The summed E-state index contributed by atoms with van der Waals surface area (Å²) in [5, 5.41) is 11.6. The van der Waals surface area contributed by atoms with Crippen molar-refractivity contribution in [2.45, 2.75) is 45.3 Å². The highest BCUT2D eigenvalue weighted by Crippen LogP contribution is 2.09. The standard InChI is InChI=1S/C11H23NO3S/c1-11(2,3)15-10(14)12-9(8-16-4)6-5-7-13/h9,13H,5-8H2,1-4H3,(H,12,14)/t9-/m1/s1. The Bertz CT molecular complexity index is 204. The molecule has 0 aliphatic heterocycles. The molecule has 0 heterocycles. The molecule has 0 aliphatic rings. The average molecular weight is 249 g/mol. The average Bonchev–Trinajstić information content (AvgIpc) is 2.11. The molecule has 96 valence electrons. The van der Waals surface area contributed by atoms with Gasteiger partial charge in [-0.05, 0) is 39.9 Å². The number of aliphatic hydroxyl groups excluding tert-OH is 1. The first-order valence-corrected chi connectivity index (χ1v) is 6.87. The fourth-order valence-corrected chi connectivity index (χ4v) is 1.86. The Balaban J connectivity index is 4.02. The van der Waals surface area contributed by atoms with Crippen LogP contribution in [0.15, 0.2) is 0 Å². The summed E-state index contributed by atoms with van der Waals surface area (Å²) in [5.41, 5.74) is -0.467. The van der Waals surface area contributed by atoms with Crippen molar-refractivity contribution in [2.75, 3.05) is 18.6 Å². The lowest BCUT2D eigenvalue weighted by Crippen LogP contribution is -2.40. The van der Waals surface area contributed by atoms with Crippen LogP contribution in [0.5, 0.6) is 0 Å². The second-order valence-electron chi connectivity index (χ2n) is 4.66. The molecule has 16 heavy (non-hydrogen) atoms.